The average Bonchev–Trinajstić information content (AvgIpc) is 3.44. The highest BCUT2D eigenvalue weighted by atomic mass is 16.3. The summed E-state index contributed by atoms with van der Waals surface area (Å²) in [7, 11) is 0. The largest absolute Gasteiger partial charge is 0.468 e. The van der Waals surface area contributed by atoms with E-state index in [1.54, 1.807) is 28.3 Å². The first kappa shape index (κ1) is 20.0. The van der Waals surface area contributed by atoms with Crippen molar-refractivity contribution in [2.75, 3.05) is 45.8 Å². The number of carbonyl (C=O) groups excluding carboxylic acids is 2. The van der Waals surface area contributed by atoms with Crippen molar-refractivity contribution in [2.45, 2.75) is 19.9 Å². The lowest BCUT2D eigenvalue weighted by molar-refractivity contribution is 0.0658. The van der Waals surface area contributed by atoms with Crippen molar-refractivity contribution in [3.63, 3.8) is 0 Å². The number of H-pyrrole nitrogens is 1. The van der Waals surface area contributed by atoms with Crippen LogP contribution >= 0.6 is 0 Å². The molecule has 0 unspecified atom stereocenters. The molecule has 0 aromatic carbocycles. The summed E-state index contributed by atoms with van der Waals surface area (Å²) in [5.74, 6) is 0.829. The zero-order valence-corrected chi connectivity index (χ0v) is 16.6. The smallest absolute Gasteiger partial charge is 0.317 e. The highest BCUT2D eigenvalue weighted by molar-refractivity contribution is 5.92. The lowest BCUT2D eigenvalue weighted by atomic mass is 10.2. The molecule has 1 atom stereocenters. The van der Waals surface area contributed by atoms with Crippen molar-refractivity contribution in [1.82, 2.24) is 25.0 Å². The third-order valence-electron chi connectivity index (χ3n) is 5.25. The fourth-order valence-corrected chi connectivity index (χ4v) is 3.60. The summed E-state index contributed by atoms with van der Waals surface area (Å²) >= 11 is 0. The van der Waals surface area contributed by atoms with E-state index in [0.717, 1.165) is 18.8 Å². The highest BCUT2D eigenvalue weighted by Gasteiger charge is 2.27. The van der Waals surface area contributed by atoms with Gasteiger partial charge in [-0.3, -0.25) is 9.69 Å². The summed E-state index contributed by atoms with van der Waals surface area (Å²) in [5.41, 5.74) is 0.582. The van der Waals surface area contributed by atoms with Crippen LogP contribution in [0.1, 0.15) is 36.1 Å². The van der Waals surface area contributed by atoms with Gasteiger partial charge in [-0.2, -0.15) is 0 Å². The van der Waals surface area contributed by atoms with Gasteiger partial charge in [-0.25, -0.2) is 4.79 Å². The first-order chi connectivity index (χ1) is 13.6. The van der Waals surface area contributed by atoms with E-state index in [1.165, 1.54) is 0 Å². The van der Waals surface area contributed by atoms with E-state index < -0.39 is 0 Å². The zero-order valence-electron chi connectivity index (χ0n) is 16.6. The molecule has 0 spiro atoms. The van der Waals surface area contributed by atoms with E-state index >= 15 is 0 Å². The molecule has 152 valence electrons. The van der Waals surface area contributed by atoms with Gasteiger partial charge in [-0.05, 0) is 37.4 Å². The molecule has 0 bridgehead atoms. The first-order valence-electron chi connectivity index (χ1n) is 9.86. The second kappa shape index (κ2) is 9.45. The third kappa shape index (κ3) is 4.56. The van der Waals surface area contributed by atoms with Gasteiger partial charge in [0, 0.05) is 38.9 Å². The van der Waals surface area contributed by atoms with Crippen molar-refractivity contribution in [1.29, 1.82) is 0 Å². The monoisotopic (exact) mass is 387 g/mol. The van der Waals surface area contributed by atoms with E-state index in [9.17, 15) is 9.59 Å². The lowest BCUT2D eigenvalue weighted by Crippen LogP contribution is -2.54. The van der Waals surface area contributed by atoms with Gasteiger partial charge >= 0.3 is 6.03 Å². The van der Waals surface area contributed by atoms with Crippen LogP contribution in [-0.2, 0) is 0 Å². The van der Waals surface area contributed by atoms with Gasteiger partial charge in [0.15, 0.2) is 0 Å². The number of aromatic nitrogens is 1. The molecule has 0 saturated carbocycles. The van der Waals surface area contributed by atoms with E-state index in [2.05, 4.69) is 29.0 Å². The molecule has 1 fully saturated rings. The Hall–Kier alpha value is -2.74. The number of urea groups is 1. The first-order valence-corrected chi connectivity index (χ1v) is 9.86. The number of nitrogens with zero attached hydrogens (tertiary/aromatic N) is 3. The molecule has 1 aliphatic rings. The molecule has 3 amide bonds. The maximum absolute atomic E-state index is 12.6. The number of aromatic amines is 1. The molecule has 2 aromatic heterocycles. The Morgan fingerprint density at radius 3 is 2.43 bits per heavy atom. The summed E-state index contributed by atoms with van der Waals surface area (Å²) in [5, 5.41) is 3.04. The van der Waals surface area contributed by atoms with Crippen molar-refractivity contribution in [3.8, 4) is 0 Å². The van der Waals surface area contributed by atoms with E-state index in [4.69, 9.17) is 4.42 Å². The lowest BCUT2D eigenvalue weighted by Gasteiger charge is -2.35. The van der Waals surface area contributed by atoms with Crippen LogP contribution in [0.2, 0.25) is 0 Å². The van der Waals surface area contributed by atoms with E-state index in [-0.39, 0.29) is 18.0 Å². The Labute approximate surface area is 165 Å². The number of furan rings is 1. The minimum atomic E-state index is -0.101. The van der Waals surface area contributed by atoms with Crippen molar-refractivity contribution < 1.29 is 14.0 Å². The Balaban J connectivity index is 1.51. The molecule has 2 aromatic rings. The topological polar surface area (TPSA) is 84.8 Å². The SMILES string of the molecule is CCN(CC)[C@H](CNC(=O)N1CCN(C(=O)c2ccc[nH]2)CC1)c1ccco1. The second-order valence-electron chi connectivity index (χ2n) is 6.80. The van der Waals surface area contributed by atoms with Crippen LogP contribution in [0.5, 0.6) is 0 Å². The molecular formula is C20H29N5O3. The summed E-state index contributed by atoms with van der Waals surface area (Å²) in [6.45, 7) is 8.53. The fourth-order valence-electron chi connectivity index (χ4n) is 3.60. The number of nitrogens with one attached hydrogen (secondary N) is 2. The van der Waals surface area contributed by atoms with Crippen LogP contribution in [0.4, 0.5) is 4.79 Å². The molecule has 3 heterocycles. The average molecular weight is 387 g/mol. The van der Waals surface area contributed by atoms with Gasteiger partial charge in [0.2, 0.25) is 0 Å². The quantitative estimate of drug-likeness (QED) is 0.762. The third-order valence-corrected chi connectivity index (χ3v) is 5.25. The Morgan fingerprint density at radius 1 is 1.14 bits per heavy atom. The van der Waals surface area contributed by atoms with Crippen molar-refractivity contribution in [3.05, 3.63) is 48.2 Å². The Bertz CT molecular complexity index is 732. The molecular weight excluding hydrogens is 358 g/mol. The highest BCUT2D eigenvalue weighted by Crippen LogP contribution is 2.20. The zero-order chi connectivity index (χ0) is 19.9. The molecule has 0 aliphatic carbocycles. The summed E-state index contributed by atoms with van der Waals surface area (Å²) in [4.78, 5) is 33.8. The number of hydrogen-bond acceptors (Lipinski definition) is 4. The van der Waals surface area contributed by atoms with Crippen LogP contribution in [0.25, 0.3) is 0 Å². The molecule has 8 nitrogen and oxygen atoms in total. The molecule has 28 heavy (non-hydrogen) atoms. The van der Waals surface area contributed by atoms with Gasteiger partial charge in [0.25, 0.3) is 5.91 Å². The molecule has 2 N–H and O–H groups in total. The van der Waals surface area contributed by atoms with Gasteiger partial charge < -0.3 is 24.5 Å². The standard InChI is InChI=1S/C20H29N5O3/c1-3-23(4-2)17(18-8-6-14-28-18)15-22-20(27)25-12-10-24(11-13-25)19(26)16-7-5-9-21-16/h5-9,14,17,21H,3-4,10-13,15H2,1-2H3,(H,22,27)/t17-/m1/s1. The van der Waals surface area contributed by atoms with E-state index in [1.807, 2.05) is 18.2 Å². The number of carbonyl (C=O) groups is 2. The minimum absolute atomic E-state index is 0.00435. The maximum Gasteiger partial charge on any atom is 0.317 e. The summed E-state index contributed by atoms with van der Waals surface area (Å²) in [6.07, 6.45) is 3.40. The second-order valence-corrected chi connectivity index (χ2v) is 6.80. The molecule has 0 radical (unpaired) electrons. The predicted molar refractivity (Wildman–Crippen MR) is 106 cm³/mol. The maximum atomic E-state index is 12.6. The van der Waals surface area contributed by atoms with Crippen LogP contribution in [0, 0.1) is 0 Å². The normalized spacial score (nSPS) is 15.7. The van der Waals surface area contributed by atoms with Crippen LogP contribution in [0.15, 0.2) is 41.1 Å². The van der Waals surface area contributed by atoms with Gasteiger partial charge in [-0.15, -0.1) is 0 Å². The van der Waals surface area contributed by atoms with Gasteiger partial charge in [-0.1, -0.05) is 13.8 Å². The van der Waals surface area contributed by atoms with Gasteiger partial charge in [0.05, 0.1) is 12.3 Å². The number of rotatable bonds is 7. The minimum Gasteiger partial charge on any atom is -0.468 e. The Morgan fingerprint density at radius 2 is 1.86 bits per heavy atom. The van der Waals surface area contributed by atoms with Crippen molar-refractivity contribution in [2.24, 2.45) is 0 Å². The fraction of sp³-hybridized carbons (Fsp3) is 0.500. The summed E-state index contributed by atoms with van der Waals surface area (Å²) in [6, 6.07) is 7.29. The number of piperazine rings is 1. The summed E-state index contributed by atoms with van der Waals surface area (Å²) < 4.78 is 5.58. The number of hydrogen-bond donors (Lipinski definition) is 2. The predicted octanol–water partition coefficient (Wildman–Crippen LogP) is 2.16. The van der Waals surface area contributed by atoms with E-state index in [0.29, 0.717) is 38.4 Å². The molecule has 1 saturated heterocycles. The van der Waals surface area contributed by atoms with Crippen LogP contribution in [-0.4, -0.2) is 77.4 Å². The van der Waals surface area contributed by atoms with Crippen LogP contribution < -0.4 is 5.32 Å². The Kier molecular flexibility index (Phi) is 6.76. The van der Waals surface area contributed by atoms with Crippen molar-refractivity contribution >= 4 is 11.9 Å². The number of likely N-dealkylation sites (N-methyl/N-ethyl adjacent to an activating group) is 1. The molecule has 8 heteroatoms. The molecule has 3 rings (SSSR count). The van der Waals surface area contributed by atoms with Crippen LogP contribution in [0.3, 0.4) is 0 Å². The van der Waals surface area contributed by atoms with Gasteiger partial charge in [0.1, 0.15) is 11.5 Å². The molecule has 1 aliphatic heterocycles. The number of amides is 3.